The third-order valence-corrected chi connectivity index (χ3v) is 3.57. The van der Waals surface area contributed by atoms with E-state index in [1.54, 1.807) is 11.8 Å². The maximum atomic E-state index is 8.56. The van der Waals surface area contributed by atoms with Gasteiger partial charge < -0.3 is 10.9 Å². The van der Waals surface area contributed by atoms with Crippen LogP contribution < -0.4 is 5.73 Å². The summed E-state index contributed by atoms with van der Waals surface area (Å²) in [6.45, 7) is 0. The number of halogens is 1. The van der Waals surface area contributed by atoms with Crippen LogP contribution in [0.15, 0.2) is 63.5 Å². The molecule has 2 rings (SSSR count). The molecule has 0 radical (unpaired) electrons. The van der Waals surface area contributed by atoms with Gasteiger partial charge in [-0.05, 0) is 36.4 Å². The Kier molecular flexibility index (Phi) is 4.12. The minimum atomic E-state index is 0.109. The SMILES string of the molecule is N/C(=N\O)c1ccc(Sc2ccc(Cl)cc2)cc1. The van der Waals surface area contributed by atoms with Crippen LogP contribution in [0.4, 0.5) is 0 Å². The van der Waals surface area contributed by atoms with Crippen molar-refractivity contribution in [1.29, 1.82) is 0 Å². The summed E-state index contributed by atoms with van der Waals surface area (Å²) in [5, 5.41) is 12.2. The van der Waals surface area contributed by atoms with E-state index in [2.05, 4.69) is 5.16 Å². The summed E-state index contributed by atoms with van der Waals surface area (Å²) < 4.78 is 0. The van der Waals surface area contributed by atoms with E-state index in [0.717, 1.165) is 14.8 Å². The summed E-state index contributed by atoms with van der Waals surface area (Å²) in [5.41, 5.74) is 6.18. The van der Waals surface area contributed by atoms with Gasteiger partial charge in [-0.15, -0.1) is 0 Å². The highest BCUT2D eigenvalue weighted by Crippen LogP contribution is 2.28. The van der Waals surface area contributed by atoms with Crippen LogP contribution in [0.1, 0.15) is 5.56 Å². The van der Waals surface area contributed by atoms with Gasteiger partial charge in [-0.1, -0.05) is 40.7 Å². The van der Waals surface area contributed by atoms with Gasteiger partial charge in [-0.3, -0.25) is 0 Å². The molecule has 5 heteroatoms. The van der Waals surface area contributed by atoms with Crippen LogP contribution >= 0.6 is 23.4 Å². The van der Waals surface area contributed by atoms with Gasteiger partial charge in [0.15, 0.2) is 5.84 Å². The highest BCUT2D eigenvalue weighted by molar-refractivity contribution is 7.99. The molecule has 0 heterocycles. The van der Waals surface area contributed by atoms with Crippen LogP contribution in [0.5, 0.6) is 0 Å². The van der Waals surface area contributed by atoms with Gasteiger partial charge in [-0.25, -0.2) is 0 Å². The Morgan fingerprint density at radius 2 is 1.50 bits per heavy atom. The zero-order valence-corrected chi connectivity index (χ0v) is 10.9. The molecule has 0 aliphatic carbocycles. The number of benzene rings is 2. The number of amidine groups is 1. The molecule has 0 atom stereocenters. The van der Waals surface area contributed by atoms with Gasteiger partial charge in [0.1, 0.15) is 0 Å². The first kappa shape index (κ1) is 12.8. The van der Waals surface area contributed by atoms with Crippen molar-refractivity contribution in [1.82, 2.24) is 0 Å². The van der Waals surface area contributed by atoms with Crippen molar-refractivity contribution in [2.75, 3.05) is 0 Å². The molecule has 92 valence electrons. The van der Waals surface area contributed by atoms with Crippen molar-refractivity contribution in [2.24, 2.45) is 10.9 Å². The largest absolute Gasteiger partial charge is 0.409 e. The van der Waals surface area contributed by atoms with Crippen molar-refractivity contribution >= 4 is 29.2 Å². The Morgan fingerprint density at radius 3 is 2.00 bits per heavy atom. The second-order valence-electron chi connectivity index (χ2n) is 3.57. The number of oxime groups is 1. The molecular weight excluding hydrogens is 268 g/mol. The Labute approximate surface area is 114 Å². The fourth-order valence-corrected chi connectivity index (χ4v) is 2.33. The van der Waals surface area contributed by atoms with Gasteiger partial charge in [0.25, 0.3) is 0 Å². The molecular formula is C13H11ClN2OS. The van der Waals surface area contributed by atoms with Gasteiger partial charge in [0.05, 0.1) is 0 Å². The molecule has 0 amide bonds. The number of hydrogen-bond donors (Lipinski definition) is 2. The molecule has 0 bridgehead atoms. The summed E-state index contributed by atoms with van der Waals surface area (Å²) in [7, 11) is 0. The molecule has 0 aliphatic rings. The lowest BCUT2D eigenvalue weighted by Gasteiger charge is -2.03. The Hall–Kier alpha value is -1.65. The molecule has 0 spiro atoms. The molecule has 0 saturated heterocycles. The minimum Gasteiger partial charge on any atom is -0.409 e. The second-order valence-corrected chi connectivity index (χ2v) is 5.15. The fourth-order valence-electron chi connectivity index (χ4n) is 1.39. The van der Waals surface area contributed by atoms with Crippen LogP contribution in [-0.4, -0.2) is 11.0 Å². The summed E-state index contributed by atoms with van der Waals surface area (Å²) in [6.07, 6.45) is 0. The van der Waals surface area contributed by atoms with E-state index in [-0.39, 0.29) is 5.84 Å². The average molecular weight is 279 g/mol. The molecule has 3 N–H and O–H groups in total. The van der Waals surface area contributed by atoms with E-state index in [1.807, 2.05) is 48.5 Å². The lowest BCUT2D eigenvalue weighted by atomic mass is 10.2. The van der Waals surface area contributed by atoms with E-state index in [0.29, 0.717) is 5.56 Å². The van der Waals surface area contributed by atoms with Crippen LogP contribution in [0.25, 0.3) is 0 Å². The lowest BCUT2D eigenvalue weighted by molar-refractivity contribution is 0.318. The van der Waals surface area contributed by atoms with Gasteiger partial charge in [0.2, 0.25) is 0 Å². The molecule has 0 fully saturated rings. The quantitative estimate of drug-likeness (QED) is 0.390. The molecule has 0 aliphatic heterocycles. The highest BCUT2D eigenvalue weighted by atomic mass is 35.5. The molecule has 0 saturated carbocycles. The van der Waals surface area contributed by atoms with Crippen LogP contribution in [-0.2, 0) is 0 Å². The van der Waals surface area contributed by atoms with E-state index in [1.165, 1.54) is 0 Å². The standard InChI is InChI=1S/C13H11ClN2OS/c14-10-3-7-12(8-4-10)18-11-5-1-9(2-6-11)13(15)16-17/h1-8,17H,(H2,15,16). The zero-order chi connectivity index (χ0) is 13.0. The average Bonchev–Trinajstić information content (AvgIpc) is 2.41. The maximum Gasteiger partial charge on any atom is 0.170 e. The van der Waals surface area contributed by atoms with E-state index in [9.17, 15) is 0 Å². The van der Waals surface area contributed by atoms with Gasteiger partial charge >= 0.3 is 0 Å². The Bertz CT molecular complexity index is 552. The predicted octanol–water partition coefficient (Wildman–Crippen LogP) is 3.59. The van der Waals surface area contributed by atoms with E-state index in [4.69, 9.17) is 22.5 Å². The normalized spacial score (nSPS) is 11.5. The molecule has 2 aromatic rings. The molecule has 3 nitrogen and oxygen atoms in total. The summed E-state index contributed by atoms with van der Waals surface area (Å²) >= 11 is 7.45. The predicted molar refractivity (Wildman–Crippen MR) is 74.5 cm³/mol. The first-order chi connectivity index (χ1) is 8.69. The molecule has 18 heavy (non-hydrogen) atoms. The van der Waals surface area contributed by atoms with Crippen molar-refractivity contribution in [3.05, 3.63) is 59.1 Å². The Morgan fingerprint density at radius 1 is 1.00 bits per heavy atom. The summed E-state index contributed by atoms with van der Waals surface area (Å²) in [4.78, 5) is 2.18. The highest BCUT2D eigenvalue weighted by Gasteiger charge is 2.01. The van der Waals surface area contributed by atoms with Crippen molar-refractivity contribution in [3.8, 4) is 0 Å². The maximum absolute atomic E-state index is 8.56. The second kappa shape index (κ2) is 5.80. The number of rotatable bonds is 3. The topological polar surface area (TPSA) is 58.6 Å². The number of nitrogens with two attached hydrogens (primary N) is 1. The van der Waals surface area contributed by atoms with E-state index < -0.39 is 0 Å². The summed E-state index contributed by atoms with van der Waals surface area (Å²) in [6, 6.07) is 15.1. The monoisotopic (exact) mass is 278 g/mol. The smallest absolute Gasteiger partial charge is 0.170 e. The van der Waals surface area contributed by atoms with Crippen LogP contribution in [0, 0.1) is 0 Å². The number of hydrogen-bond acceptors (Lipinski definition) is 3. The zero-order valence-electron chi connectivity index (χ0n) is 9.38. The lowest BCUT2D eigenvalue weighted by Crippen LogP contribution is -2.12. The molecule has 0 unspecified atom stereocenters. The minimum absolute atomic E-state index is 0.109. The molecule has 2 aromatic carbocycles. The fraction of sp³-hybridized carbons (Fsp3) is 0. The van der Waals surface area contributed by atoms with E-state index >= 15 is 0 Å². The summed E-state index contributed by atoms with van der Waals surface area (Å²) in [5.74, 6) is 0.109. The van der Waals surface area contributed by atoms with Crippen molar-refractivity contribution in [3.63, 3.8) is 0 Å². The Balaban J connectivity index is 2.13. The molecule has 0 aromatic heterocycles. The van der Waals surface area contributed by atoms with Crippen molar-refractivity contribution < 1.29 is 5.21 Å². The third kappa shape index (κ3) is 3.18. The van der Waals surface area contributed by atoms with Crippen LogP contribution in [0.3, 0.4) is 0 Å². The van der Waals surface area contributed by atoms with Crippen LogP contribution in [0.2, 0.25) is 5.02 Å². The third-order valence-electron chi connectivity index (χ3n) is 2.31. The first-order valence-electron chi connectivity index (χ1n) is 5.20. The van der Waals surface area contributed by atoms with Gasteiger partial charge in [0, 0.05) is 20.4 Å². The first-order valence-corrected chi connectivity index (χ1v) is 6.40. The van der Waals surface area contributed by atoms with Crippen molar-refractivity contribution in [2.45, 2.75) is 9.79 Å². The van der Waals surface area contributed by atoms with Gasteiger partial charge in [-0.2, -0.15) is 0 Å². The number of nitrogens with zero attached hydrogens (tertiary/aromatic N) is 1.